The third-order valence-electron chi connectivity index (χ3n) is 5.08. The van der Waals surface area contributed by atoms with Crippen molar-refractivity contribution < 1.29 is 33.6 Å². The maximum Gasteiger partial charge on any atom is 0.336 e. The number of carbonyl (C=O) groups is 2. The van der Waals surface area contributed by atoms with Gasteiger partial charge in [0.25, 0.3) is 0 Å². The van der Waals surface area contributed by atoms with Crippen LogP contribution in [-0.4, -0.2) is 55.9 Å². The number of esters is 2. The molecular weight excluding hydrogens is 388 g/mol. The normalized spacial score (nSPS) is 20.8. The van der Waals surface area contributed by atoms with Crippen LogP contribution in [0.3, 0.4) is 0 Å². The Morgan fingerprint density at radius 3 is 2.20 bits per heavy atom. The van der Waals surface area contributed by atoms with Crippen LogP contribution in [0.25, 0.3) is 0 Å². The van der Waals surface area contributed by atoms with Crippen molar-refractivity contribution >= 4 is 11.9 Å². The van der Waals surface area contributed by atoms with Crippen LogP contribution in [0.1, 0.15) is 59.3 Å². The summed E-state index contributed by atoms with van der Waals surface area (Å²) >= 11 is 0. The molecular formula is C23H38O7. The molecule has 1 aliphatic rings. The summed E-state index contributed by atoms with van der Waals surface area (Å²) in [7, 11) is 0. The molecule has 1 rings (SSSR count). The monoisotopic (exact) mass is 426 g/mol. The average molecular weight is 427 g/mol. The molecule has 1 heterocycles. The van der Waals surface area contributed by atoms with Gasteiger partial charge in [0.15, 0.2) is 6.29 Å². The van der Waals surface area contributed by atoms with Gasteiger partial charge in [-0.25, -0.2) is 9.59 Å². The summed E-state index contributed by atoms with van der Waals surface area (Å²) in [5.41, 5.74) is 0.294. The summed E-state index contributed by atoms with van der Waals surface area (Å²) < 4.78 is 22.1. The molecule has 0 aromatic heterocycles. The quantitative estimate of drug-likeness (QED) is 0.258. The number of aliphatic hydroxyl groups is 1. The minimum Gasteiger partial charge on any atom is -0.462 e. The molecule has 0 amide bonds. The first-order valence-corrected chi connectivity index (χ1v) is 10.8. The maximum absolute atomic E-state index is 11.9. The van der Waals surface area contributed by atoms with E-state index in [1.807, 2.05) is 0 Å². The maximum atomic E-state index is 11.9. The summed E-state index contributed by atoms with van der Waals surface area (Å²) in [4.78, 5) is 23.6. The lowest BCUT2D eigenvalue weighted by molar-refractivity contribution is -0.205. The molecule has 2 unspecified atom stereocenters. The van der Waals surface area contributed by atoms with Gasteiger partial charge in [0.1, 0.15) is 0 Å². The van der Waals surface area contributed by atoms with E-state index in [0.717, 1.165) is 6.42 Å². The number of unbranched alkanes of at least 4 members (excludes halogenated alkanes) is 2. The van der Waals surface area contributed by atoms with Crippen molar-refractivity contribution in [3.8, 4) is 0 Å². The Morgan fingerprint density at radius 1 is 1.07 bits per heavy atom. The highest BCUT2D eigenvalue weighted by Gasteiger charge is 2.24. The van der Waals surface area contributed by atoms with Gasteiger partial charge in [0, 0.05) is 17.4 Å². The van der Waals surface area contributed by atoms with E-state index in [2.05, 4.69) is 20.1 Å². The van der Waals surface area contributed by atoms with Crippen LogP contribution in [0.15, 0.2) is 24.3 Å². The molecule has 172 valence electrons. The SMILES string of the molecule is C=C(C)C(=O)OCC(CCC1OCC(CCCCC)CO1)COC(=O)C(=C)C(C)O. The zero-order valence-corrected chi connectivity index (χ0v) is 18.7. The van der Waals surface area contributed by atoms with Gasteiger partial charge in [-0.1, -0.05) is 39.3 Å². The molecule has 0 saturated carbocycles. The summed E-state index contributed by atoms with van der Waals surface area (Å²) in [6.07, 6.45) is 4.63. The van der Waals surface area contributed by atoms with Crippen LogP contribution < -0.4 is 0 Å². The Hall–Kier alpha value is -1.70. The van der Waals surface area contributed by atoms with Gasteiger partial charge in [-0.15, -0.1) is 0 Å². The van der Waals surface area contributed by atoms with Crippen molar-refractivity contribution in [2.24, 2.45) is 11.8 Å². The Labute approximate surface area is 180 Å². The highest BCUT2D eigenvalue weighted by Crippen LogP contribution is 2.22. The first-order valence-electron chi connectivity index (χ1n) is 10.8. The van der Waals surface area contributed by atoms with Crippen molar-refractivity contribution in [3.63, 3.8) is 0 Å². The van der Waals surface area contributed by atoms with Gasteiger partial charge < -0.3 is 24.1 Å². The van der Waals surface area contributed by atoms with Crippen molar-refractivity contribution in [2.75, 3.05) is 26.4 Å². The van der Waals surface area contributed by atoms with Crippen LogP contribution in [0.2, 0.25) is 0 Å². The molecule has 0 aromatic rings. The first-order chi connectivity index (χ1) is 14.2. The van der Waals surface area contributed by atoms with E-state index in [9.17, 15) is 14.7 Å². The molecule has 0 aromatic carbocycles. The zero-order chi connectivity index (χ0) is 22.5. The van der Waals surface area contributed by atoms with Crippen molar-refractivity contribution in [1.29, 1.82) is 0 Å². The number of hydrogen-bond donors (Lipinski definition) is 1. The van der Waals surface area contributed by atoms with E-state index in [1.54, 1.807) is 6.92 Å². The summed E-state index contributed by atoms with van der Waals surface area (Å²) in [5.74, 6) is -0.942. The Kier molecular flexibility index (Phi) is 12.6. The van der Waals surface area contributed by atoms with Gasteiger partial charge in [-0.3, -0.25) is 0 Å². The van der Waals surface area contributed by atoms with Gasteiger partial charge in [0.05, 0.1) is 38.1 Å². The highest BCUT2D eigenvalue weighted by molar-refractivity contribution is 5.88. The van der Waals surface area contributed by atoms with E-state index >= 15 is 0 Å². The molecule has 2 atom stereocenters. The third kappa shape index (κ3) is 10.4. The Bertz CT molecular complexity index is 562. The molecule has 1 saturated heterocycles. The number of hydrogen-bond acceptors (Lipinski definition) is 7. The molecule has 0 spiro atoms. The molecule has 30 heavy (non-hydrogen) atoms. The molecule has 0 radical (unpaired) electrons. The second-order valence-electron chi connectivity index (χ2n) is 8.08. The predicted molar refractivity (Wildman–Crippen MR) is 114 cm³/mol. The predicted octanol–water partition coefficient (Wildman–Crippen LogP) is 3.55. The van der Waals surface area contributed by atoms with Crippen LogP contribution in [0, 0.1) is 11.8 Å². The zero-order valence-electron chi connectivity index (χ0n) is 18.7. The van der Waals surface area contributed by atoms with Gasteiger partial charge in [-0.2, -0.15) is 0 Å². The number of carbonyl (C=O) groups excluding carboxylic acids is 2. The van der Waals surface area contributed by atoms with E-state index in [0.29, 0.717) is 37.5 Å². The minimum atomic E-state index is -0.980. The fourth-order valence-electron chi connectivity index (χ4n) is 2.96. The van der Waals surface area contributed by atoms with Crippen LogP contribution in [0.4, 0.5) is 0 Å². The van der Waals surface area contributed by atoms with E-state index in [-0.39, 0.29) is 31.0 Å². The van der Waals surface area contributed by atoms with Crippen molar-refractivity contribution in [3.05, 3.63) is 24.3 Å². The summed E-state index contributed by atoms with van der Waals surface area (Å²) in [5, 5.41) is 9.44. The molecule has 1 N–H and O–H groups in total. The van der Waals surface area contributed by atoms with E-state index in [4.69, 9.17) is 18.9 Å². The smallest absolute Gasteiger partial charge is 0.336 e. The number of aliphatic hydroxyl groups excluding tert-OH is 1. The summed E-state index contributed by atoms with van der Waals surface area (Å²) in [6.45, 7) is 13.8. The molecule has 0 aliphatic carbocycles. The van der Waals surface area contributed by atoms with Crippen LogP contribution in [-0.2, 0) is 28.5 Å². The average Bonchev–Trinajstić information content (AvgIpc) is 2.73. The fraction of sp³-hybridized carbons (Fsp3) is 0.739. The van der Waals surface area contributed by atoms with Crippen molar-refractivity contribution in [1.82, 2.24) is 0 Å². The topological polar surface area (TPSA) is 91.3 Å². The van der Waals surface area contributed by atoms with E-state index in [1.165, 1.54) is 26.2 Å². The second kappa shape index (κ2) is 14.3. The van der Waals surface area contributed by atoms with Crippen LogP contribution in [0.5, 0.6) is 0 Å². The second-order valence-corrected chi connectivity index (χ2v) is 8.08. The first kappa shape index (κ1) is 26.3. The lowest BCUT2D eigenvalue weighted by atomic mass is 10.0. The highest BCUT2D eigenvalue weighted by atomic mass is 16.7. The van der Waals surface area contributed by atoms with Gasteiger partial charge >= 0.3 is 11.9 Å². The van der Waals surface area contributed by atoms with Crippen LogP contribution >= 0.6 is 0 Å². The third-order valence-corrected chi connectivity index (χ3v) is 5.08. The Balaban J connectivity index is 2.46. The standard InChI is InChI=1S/C23H38O7/c1-6-7-8-9-19-12-27-21(28-13-19)11-10-20(14-29-22(25)16(2)3)15-30-23(26)17(4)18(5)24/h18-21,24H,2,4,6-15H2,1,3,5H3. The largest absolute Gasteiger partial charge is 0.462 e. The number of rotatable bonds is 14. The minimum absolute atomic E-state index is 0.0132. The molecule has 1 fully saturated rings. The van der Waals surface area contributed by atoms with E-state index < -0.39 is 18.0 Å². The molecule has 0 bridgehead atoms. The Morgan fingerprint density at radius 2 is 1.67 bits per heavy atom. The molecule has 7 heteroatoms. The van der Waals surface area contributed by atoms with Gasteiger partial charge in [0.2, 0.25) is 0 Å². The van der Waals surface area contributed by atoms with Crippen molar-refractivity contribution in [2.45, 2.75) is 71.7 Å². The lowest BCUT2D eigenvalue weighted by Crippen LogP contribution is -2.33. The fourth-order valence-corrected chi connectivity index (χ4v) is 2.96. The number of ether oxygens (including phenoxy) is 4. The lowest BCUT2D eigenvalue weighted by Gasteiger charge is -2.30. The summed E-state index contributed by atoms with van der Waals surface area (Å²) in [6, 6.07) is 0. The molecule has 7 nitrogen and oxygen atoms in total. The van der Waals surface area contributed by atoms with Gasteiger partial charge in [-0.05, 0) is 33.1 Å². The molecule has 1 aliphatic heterocycles.